The molecule has 2 rings (SSSR count). The Morgan fingerprint density at radius 2 is 1.96 bits per heavy atom. The molecule has 1 heterocycles. The van der Waals surface area contributed by atoms with Gasteiger partial charge in [0.1, 0.15) is 16.4 Å². The molecule has 0 bridgehead atoms. The van der Waals surface area contributed by atoms with E-state index in [-0.39, 0.29) is 23.0 Å². The Balaban J connectivity index is 0.00000264. The fourth-order valence-electron chi connectivity index (χ4n) is 1.57. The smallest absolute Gasteiger partial charge is 0.273 e. The number of alkyl halides is 2. The fourth-order valence-corrected chi connectivity index (χ4v) is 2.56. The first-order chi connectivity index (χ1) is 10.2. The zero-order valence-corrected chi connectivity index (χ0v) is 13.2. The average Bonchev–Trinajstić information content (AvgIpc) is 2.96. The number of nitrogens with zero attached hydrogens (tertiary/aromatic N) is 2. The van der Waals surface area contributed by atoms with Crippen LogP contribution in [0.2, 0.25) is 0 Å². The van der Waals surface area contributed by atoms with E-state index in [1.807, 2.05) is 0 Å². The van der Waals surface area contributed by atoms with Crippen LogP contribution in [0, 0.1) is 5.82 Å². The van der Waals surface area contributed by atoms with Crippen LogP contribution in [0.25, 0.3) is 5.69 Å². The predicted molar refractivity (Wildman–Crippen MR) is 80.0 cm³/mol. The summed E-state index contributed by atoms with van der Waals surface area (Å²) < 4.78 is 66.1. The van der Waals surface area contributed by atoms with Crippen molar-refractivity contribution in [2.45, 2.75) is 10.8 Å². The van der Waals surface area contributed by atoms with Gasteiger partial charge in [0, 0.05) is 0 Å². The maximum Gasteiger partial charge on any atom is 0.273 e. The maximum atomic E-state index is 13.6. The molecule has 11 heteroatoms. The van der Waals surface area contributed by atoms with Gasteiger partial charge in [-0.15, -0.1) is 12.4 Å². The van der Waals surface area contributed by atoms with Crippen molar-refractivity contribution in [3.8, 4) is 5.69 Å². The van der Waals surface area contributed by atoms with Gasteiger partial charge >= 0.3 is 0 Å². The number of hydrogen-bond acceptors (Lipinski definition) is 4. The van der Waals surface area contributed by atoms with E-state index in [2.05, 4.69) is 5.10 Å². The van der Waals surface area contributed by atoms with Gasteiger partial charge in [0.15, 0.2) is 0 Å². The van der Waals surface area contributed by atoms with Crippen molar-refractivity contribution >= 4 is 22.4 Å². The van der Waals surface area contributed by atoms with E-state index < -0.39 is 34.9 Å². The Kier molecular flexibility index (Phi) is 6.17. The van der Waals surface area contributed by atoms with Gasteiger partial charge in [-0.1, -0.05) is 12.1 Å². The molecule has 6 nitrogen and oxygen atoms in total. The fraction of sp³-hybridized carbons (Fsp3) is 0.250. The van der Waals surface area contributed by atoms with Crippen LogP contribution < -0.4 is 10.5 Å². The highest BCUT2D eigenvalue weighted by Gasteiger charge is 2.29. The lowest BCUT2D eigenvalue weighted by molar-refractivity contribution is 0.0170. The molecule has 3 N–H and O–H groups in total. The molecule has 23 heavy (non-hydrogen) atoms. The second-order valence-electron chi connectivity index (χ2n) is 4.46. The Labute approximate surface area is 136 Å². The van der Waals surface area contributed by atoms with Gasteiger partial charge in [-0.05, 0) is 12.1 Å². The minimum absolute atomic E-state index is 0. The van der Waals surface area contributed by atoms with Crippen LogP contribution in [0.4, 0.5) is 13.2 Å². The summed E-state index contributed by atoms with van der Waals surface area (Å²) >= 11 is 0. The minimum atomic E-state index is -4.19. The summed E-state index contributed by atoms with van der Waals surface area (Å²) in [5.41, 5.74) is 4.87. The molecule has 0 saturated carbocycles. The van der Waals surface area contributed by atoms with Gasteiger partial charge in [-0.2, -0.15) is 5.10 Å². The molecule has 2 aromatic rings. The van der Waals surface area contributed by atoms with Crippen LogP contribution in [-0.4, -0.2) is 37.2 Å². The monoisotopic (exact) mass is 370 g/mol. The molecule has 0 unspecified atom stereocenters. The lowest BCUT2D eigenvalue weighted by Gasteiger charge is -2.13. The first-order valence-electron chi connectivity index (χ1n) is 6.12. The van der Waals surface area contributed by atoms with E-state index in [0.717, 1.165) is 17.1 Å². The van der Waals surface area contributed by atoms with Crippen molar-refractivity contribution in [3.05, 3.63) is 42.5 Å². The molecule has 1 aromatic carbocycles. The van der Waals surface area contributed by atoms with Gasteiger partial charge in [0.05, 0.1) is 25.5 Å². The normalized spacial score (nSPS) is 12.0. The van der Waals surface area contributed by atoms with Crippen LogP contribution in [0.3, 0.4) is 0 Å². The summed E-state index contributed by atoms with van der Waals surface area (Å²) in [6.45, 7) is -2.11. The minimum Gasteiger partial charge on any atom is -0.325 e. The topological polar surface area (TPSA) is 90.0 Å². The number of nitrogens with one attached hydrogen (secondary N) is 1. The summed E-state index contributed by atoms with van der Waals surface area (Å²) in [4.78, 5) is -0.358. The number of nitrogens with two attached hydrogens (primary N) is 1. The van der Waals surface area contributed by atoms with Gasteiger partial charge in [0.25, 0.3) is 5.92 Å². The summed E-state index contributed by atoms with van der Waals surface area (Å²) in [6, 6.07) is 5.60. The third-order valence-corrected chi connectivity index (χ3v) is 4.14. The van der Waals surface area contributed by atoms with E-state index in [0.29, 0.717) is 0 Å². The second-order valence-corrected chi connectivity index (χ2v) is 6.22. The molecule has 0 fully saturated rings. The molecule has 0 spiro atoms. The molecule has 0 amide bonds. The number of benzene rings is 1. The lowest BCUT2D eigenvalue weighted by atomic mass is 10.3. The van der Waals surface area contributed by atoms with E-state index in [1.165, 1.54) is 18.2 Å². The van der Waals surface area contributed by atoms with Crippen molar-refractivity contribution in [3.63, 3.8) is 0 Å². The third kappa shape index (κ3) is 4.67. The molecule has 0 atom stereocenters. The van der Waals surface area contributed by atoms with Crippen LogP contribution in [-0.2, 0) is 10.0 Å². The summed E-state index contributed by atoms with van der Waals surface area (Å²) in [5.74, 6) is -3.95. The SMILES string of the molecule is Cl.NCC(F)(F)CNS(=O)(=O)c1cnn(-c2ccccc2F)c1. The molecule has 0 aliphatic carbocycles. The van der Waals surface area contributed by atoms with Gasteiger partial charge < -0.3 is 5.73 Å². The first kappa shape index (κ1) is 19.4. The number of halogens is 4. The number of aromatic nitrogens is 2. The highest BCUT2D eigenvalue weighted by atomic mass is 35.5. The second kappa shape index (κ2) is 7.30. The molecule has 0 aliphatic heterocycles. The molecular formula is C12H14ClF3N4O2S. The molecule has 1 aromatic heterocycles. The molecule has 128 valence electrons. The van der Waals surface area contributed by atoms with Crippen molar-refractivity contribution < 1.29 is 21.6 Å². The highest BCUT2D eigenvalue weighted by molar-refractivity contribution is 7.89. The molecule has 0 radical (unpaired) electrons. The molecule has 0 saturated heterocycles. The van der Waals surface area contributed by atoms with Gasteiger partial charge in [-0.25, -0.2) is 31.0 Å². The first-order valence-corrected chi connectivity index (χ1v) is 7.61. The predicted octanol–water partition coefficient (Wildman–Crippen LogP) is 1.31. The zero-order chi connectivity index (χ0) is 16.4. The van der Waals surface area contributed by atoms with E-state index >= 15 is 0 Å². The Morgan fingerprint density at radius 3 is 2.57 bits per heavy atom. The standard InChI is InChI=1S/C12H13F3N4O2S.ClH/c13-10-3-1-2-4-11(10)19-6-9(5-17-19)22(20,21)18-8-12(14,15)7-16;/h1-6,18H,7-8,16H2;1H. The van der Waals surface area contributed by atoms with Crippen LogP contribution in [0.5, 0.6) is 0 Å². The summed E-state index contributed by atoms with van der Waals surface area (Å²) in [5, 5.41) is 3.72. The Morgan fingerprint density at radius 1 is 1.30 bits per heavy atom. The van der Waals surface area contributed by atoms with Crippen LogP contribution in [0.15, 0.2) is 41.6 Å². The zero-order valence-electron chi connectivity index (χ0n) is 11.6. The Bertz CT molecular complexity index is 767. The average molecular weight is 371 g/mol. The summed E-state index contributed by atoms with van der Waals surface area (Å²) in [6.07, 6.45) is 1.97. The van der Waals surface area contributed by atoms with E-state index in [9.17, 15) is 21.6 Å². The summed E-state index contributed by atoms with van der Waals surface area (Å²) in [7, 11) is -4.19. The maximum absolute atomic E-state index is 13.6. The number of sulfonamides is 1. The van der Waals surface area contributed by atoms with Crippen molar-refractivity contribution in [2.75, 3.05) is 13.1 Å². The largest absolute Gasteiger partial charge is 0.325 e. The van der Waals surface area contributed by atoms with Crippen molar-refractivity contribution in [1.82, 2.24) is 14.5 Å². The van der Waals surface area contributed by atoms with Gasteiger partial charge in [-0.3, -0.25) is 0 Å². The Hall–Kier alpha value is -1.62. The van der Waals surface area contributed by atoms with Crippen LogP contribution in [0.1, 0.15) is 0 Å². The third-order valence-electron chi connectivity index (χ3n) is 2.79. The molecule has 0 aliphatic rings. The number of hydrogen-bond donors (Lipinski definition) is 2. The van der Waals surface area contributed by atoms with Crippen molar-refractivity contribution in [2.24, 2.45) is 5.73 Å². The number of rotatable bonds is 6. The molecular weight excluding hydrogens is 357 g/mol. The van der Waals surface area contributed by atoms with Gasteiger partial charge in [0.2, 0.25) is 10.0 Å². The quantitative estimate of drug-likeness (QED) is 0.802. The van der Waals surface area contributed by atoms with E-state index in [4.69, 9.17) is 5.73 Å². The highest BCUT2D eigenvalue weighted by Crippen LogP contribution is 2.16. The number of para-hydroxylation sites is 1. The van der Waals surface area contributed by atoms with Crippen molar-refractivity contribution in [1.29, 1.82) is 0 Å². The lowest BCUT2D eigenvalue weighted by Crippen LogP contribution is -2.41. The van der Waals surface area contributed by atoms with E-state index in [1.54, 1.807) is 10.8 Å². The van der Waals surface area contributed by atoms with Crippen LogP contribution >= 0.6 is 12.4 Å².